The lowest BCUT2D eigenvalue weighted by Gasteiger charge is -2.19. The van der Waals surface area contributed by atoms with Gasteiger partial charge in [-0.25, -0.2) is 13.6 Å². The average molecular weight is 218 g/mol. The maximum atomic E-state index is 12.4. The summed E-state index contributed by atoms with van der Waals surface area (Å²) in [5, 5.41) is 12.5. The van der Waals surface area contributed by atoms with Crippen LogP contribution in [-0.2, 0) is 10.3 Å². The summed E-state index contributed by atoms with van der Waals surface area (Å²) in [6, 6.07) is 0. The average Bonchev–Trinajstić information content (AvgIpc) is 2.47. The van der Waals surface area contributed by atoms with Gasteiger partial charge in [0.25, 0.3) is 6.43 Å². The molecule has 0 aliphatic rings. The summed E-state index contributed by atoms with van der Waals surface area (Å²) in [5.74, 6) is -1.12. The zero-order chi connectivity index (χ0) is 11.8. The second kappa shape index (κ2) is 3.60. The van der Waals surface area contributed by atoms with E-state index in [9.17, 15) is 13.6 Å². The van der Waals surface area contributed by atoms with Gasteiger partial charge in [-0.15, -0.1) is 0 Å². The number of nitrogens with zero attached hydrogens (tertiary/aromatic N) is 2. The van der Waals surface area contributed by atoms with Crippen molar-refractivity contribution in [1.29, 1.82) is 0 Å². The summed E-state index contributed by atoms with van der Waals surface area (Å²) in [5.41, 5.74) is -1.40. The smallest absolute Gasteiger partial charge is 0.331 e. The highest BCUT2D eigenvalue weighted by molar-refractivity contribution is 5.75. The highest BCUT2D eigenvalue weighted by atomic mass is 19.3. The number of hydrogen-bond donors (Lipinski definition) is 1. The van der Waals surface area contributed by atoms with Crippen LogP contribution in [-0.4, -0.2) is 20.9 Å². The Morgan fingerprint density at radius 2 is 2.13 bits per heavy atom. The highest BCUT2D eigenvalue weighted by Crippen LogP contribution is 2.23. The maximum Gasteiger partial charge on any atom is 0.331 e. The summed E-state index contributed by atoms with van der Waals surface area (Å²) in [6.45, 7) is 4.27. The second-order valence-corrected chi connectivity index (χ2v) is 3.81. The van der Waals surface area contributed by atoms with E-state index in [2.05, 4.69) is 5.10 Å². The number of halogens is 2. The largest absolute Gasteiger partial charge is 0.479 e. The van der Waals surface area contributed by atoms with Crippen molar-refractivity contribution >= 4 is 5.97 Å². The van der Waals surface area contributed by atoms with Crippen LogP contribution in [0.4, 0.5) is 8.78 Å². The molecule has 0 radical (unpaired) electrons. The van der Waals surface area contributed by atoms with Crippen LogP contribution in [0.15, 0.2) is 6.20 Å². The highest BCUT2D eigenvalue weighted by Gasteiger charge is 2.31. The Kier molecular flexibility index (Phi) is 2.79. The van der Waals surface area contributed by atoms with E-state index in [1.54, 1.807) is 0 Å². The van der Waals surface area contributed by atoms with E-state index in [4.69, 9.17) is 5.11 Å². The number of hydrogen-bond acceptors (Lipinski definition) is 2. The third-order valence-electron chi connectivity index (χ3n) is 2.24. The fourth-order valence-electron chi connectivity index (χ4n) is 1.07. The number of carbonyl (C=O) groups is 1. The predicted octanol–water partition coefficient (Wildman–Crippen LogP) is 1.95. The van der Waals surface area contributed by atoms with Gasteiger partial charge >= 0.3 is 5.97 Å². The summed E-state index contributed by atoms with van der Waals surface area (Å²) in [7, 11) is 0. The molecule has 1 heterocycles. The molecule has 0 aliphatic carbocycles. The lowest BCUT2D eigenvalue weighted by molar-refractivity contribution is -0.146. The third kappa shape index (κ3) is 1.98. The molecule has 1 rings (SSSR count). The van der Waals surface area contributed by atoms with Crippen molar-refractivity contribution in [1.82, 2.24) is 9.78 Å². The first-order valence-corrected chi connectivity index (χ1v) is 4.35. The predicted molar refractivity (Wildman–Crippen MR) is 48.9 cm³/mol. The van der Waals surface area contributed by atoms with Gasteiger partial charge in [0.2, 0.25) is 0 Å². The van der Waals surface area contributed by atoms with E-state index < -0.39 is 17.9 Å². The molecule has 84 valence electrons. The fourth-order valence-corrected chi connectivity index (χ4v) is 1.07. The molecule has 0 spiro atoms. The topological polar surface area (TPSA) is 55.1 Å². The first kappa shape index (κ1) is 11.6. The van der Waals surface area contributed by atoms with Crippen LogP contribution in [0.1, 0.15) is 31.5 Å². The summed E-state index contributed by atoms with van der Waals surface area (Å²) < 4.78 is 25.9. The van der Waals surface area contributed by atoms with Crippen molar-refractivity contribution in [2.45, 2.75) is 32.7 Å². The zero-order valence-electron chi connectivity index (χ0n) is 8.66. The van der Waals surface area contributed by atoms with Gasteiger partial charge in [-0.3, -0.25) is 4.68 Å². The molecule has 0 saturated heterocycles. The molecule has 0 aliphatic heterocycles. The Hall–Kier alpha value is -1.46. The van der Waals surface area contributed by atoms with Crippen molar-refractivity contribution in [2.24, 2.45) is 0 Å². The van der Waals surface area contributed by atoms with Crippen molar-refractivity contribution in [3.63, 3.8) is 0 Å². The standard InChI is InChI=1S/C9H12F2N2O2/c1-5-4-13(9(2,3)8(14)15)12-6(5)7(10)11/h4,7H,1-3H3,(H,14,15). The number of aryl methyl sites for hydroxylation is 1. The minimum Gasteiger partial charge on any atom is -0.479 e. The van der Waals surface area contributed by atoms with Crippen molar-refractivity contribution < 1.29 is 18.7 Å². The van der Waals surface area contributed by atoms with Gasteiger partial charge in [-0.1, -0.05) is 0 Å². The molecular formula is C9H12F2N2O2. The van der Waals surface area contributed by atoms with Gasteiger partial charge in [0.15, 0.2) is 5.54 Å². The Labute approximate surface area is 85.5 Å². The van der Waals surface area contributed by atoms with E-state index in [-0.39, 0.29) is 5.69 Å². The van der Waals surface area contributed by atoms with Crippen LogP contribution in [0.2, 0.25) is 0 Å². The quantitative estimate of drug-likeness (QED) is 0.843. The van der Waals surface area contributed by atoms with Crippen molar-refractivity contribution in [3.8, 4) is 0 Å². The van der Waals surface area contributed by atoms with Crippen molar-refractivity contribution in [2.75, 3.05) is 0 Å². The lowest BCUT2D eigenvalue weighted by Crippen LogP contribution is -2.36. The van der Waals surface area contributed by atoms with Crippen LogP contribution in [0.5, 0.6) is 0 Å². The zero-order valence-corrected chi connectivity index (χ0v) is 8.66. The molecule has 4 nitrogen and oxygen atoms in total. The summed E-state index contributed by atoms with van der Waals surface area (Å²) in [4.78, 5) is 10.9. The van der Waals surface area contributed by atoms with Gasteiger partial charge in [0.1, 0.15) is 5.69 Å². The van der Waals surface area contributed by atoms with Crippen LogP contribution in [0.3, 0.4) is 0 Å². The molecule has 0 bridgehead atoms. The number of aromatic nitrogens is 2. The molecule has 0 amide bonds. The van der Waals surface area contributed by atoms with E-state index in [1.807, 2.05) is 0 Å². The number of alkyl halides is 2. The SMILES string of the molecule is Cc1cn(C(C)(C)C(=O)O)nc1C(F)F. The number of carboxylic acids is 1. The lowest BCUT2D eigenvalue weighted by atomic mass is 10.1. The Morgan fingerprint density at radius 3 is 2.47 bits per heavy atom. The molecule has 0 atom stereocenters. The first-order chi connectivity index (χ1) is 6.76. The van der Waals surface area contributed by atoms with Crippen LogP contribution >= 0.6 is 0 Å². The van der Waals surface area contributed by atoms with Gasteiger partial charge < -0.3 is 5.11 Å². The molecule has 0 unspecified atom stereocenters. The van der Waals surface area contributed by atoms with Gasteiger partial charge in [-0.2, -0.15) is 5.10 Å². The molecule has 1 N–H and O–H groups in total. The minimum atomic E-state index is -2.68. The molecular weight excluding hydrogens is 206 g/mol. The monoisotopic (exact) mass is 218 g/mol. The number of rotatable bonds is 3. The Morgan fingerprint density at radius 1 is 1.60 bits per heavy atom. The molecule has 0 saturated carbocycles. The fraction of sp³-hybridized carbons (Fsp3) is 0.556. The maximum absolute atomic E-state index is 12.4. The Balaban J connectivity index is 3.18. The molecule has 1 aromatic rings. The van der Waals surface area contributed by atoms with Crippen LogP contribution in [0.25, 0.3) is 0 Å². The molecule has 6 heteroatoms. The summed E-state index contributed by atoms with van der Waals surface area (Å²) >= 11 is 0. The Bertz CT molecular complexity index is 385. The normalized spacial score (nSPS) is 12.1. The molecule has 1 aromatic heterocycles. The first-order valence-electron chi connectivity index (χ1n) is 4.35. The number of carboxylic acid groups (broad SMARTS) is 1. The minimum absolute atomic E-state index is 0.291. The van der Waals surface area contributed by atoms with E-state index in [0.29, 0.717) is 5.56 Å². The second-order valence-electron chi connectivity index (χ2n) is 3.81. The third-order valence-corrected chi connectivity index (χ3v) is 2.24. The van der Waals surface area contributed by atoms with E-state index in [0.717, 1.165) is 4.68 Å². The van der Waals surface area contributed by atoms with Gasteiger partial charge in [0.05, 0.1) is 0 Å². The molecule has 0 aromatic carbocycles. The van der Waals surface area contributed by atoms with Crippen LogP contribution in [0, 0.1) is 6.92 Å². The van der Waals surface area contributed by atoms with Gasteiger partial charge in [0, 0.05) is 6.20 Å². The van der Waals surface area contributed by atoms with Crippen molar-refractivity contribution in [3.05, 3.63) is 17.5 Å². The molecule has 15 heavy (non-hydrogen) atoms. The summed E-state index contributed by atoms with van der Waals surface area (Å²) in [6.07, 6.45) is -1.37. The van der Waals surface area contributed by atoms with E-state index >= 15 is 0 Å². The van der Waals surface area contributed by atoms with Gasteiger partial charge in [-0.05, 0) is 26.3 Å². The number of aliphatic carboxylic acids is 1. The molecule has 0 fully saturated rings. The van der Waals surface area contributed by atoms with E-state index in [1.165, 1.54) is 27.0 Å². The van der Waals surface area contributed by atoms with Crippen LogP contribution < -0.4 is 0 Å².